The van der Waals surface area contributed by atoms with Gasteiger partial charge in [0.2, 0.25) is 0 Å². The Morgan fingerprint density at radius 3 is 2.62 bits per heavy atom. The van der Waals surface area contributed by atoms with Crippen molar-refractivity contribution >= 4 is 11.9 Å². The van der Waals surface area contributed by atoms with Gasteiger partial charge >= 0.3 is 5.97 Å². The Balaban J connectivity index is 2.50. The number of amides is 1. The van der Waals surface area contributed by atoms with Gasteiger partial charge in [0.25, 0.3) is 5.91 Å². The quantitative estimate of drug-likeness (QED) is 0.793. The van der Waals surface area contributed by atoms with E-state index in [0.717, 1.165) is 0 Å². The zero-order valence-electron chi connectivity index (χ0n) is 9.27. The maximum atomic E-state index is 11.5. The highest BCUT2D eigenvalue weighted by Crippen LogP contribution is 2.10. The van der Waals surface area contributed by atoms with E-state index in [2.05, 4.69) is 5.32 Å². The van der Waals surface area contributed by atoms with E-state index in [1.807, 2.05) is 13.8 Å². The summed E-state index contributed by atoms with van der Waals surface area (Å²) < 4.78 is 4.76. The molecule has 1 unspecified atom stereocenters. The van der Waals surface area contributed by atoms with Crippen LogP contribution in [0.5, 0.6) is 0 Å². The van der Waals surface area contributed by atoms with E-state index >= 15 is 0 Å². The third-order valence-electron chi connectivity index (χ3n) is 2.39. The Labute approximate surface area is 93.4 Å². The molecule has 0 bridgehead atoms. The van der Waals surface area contributed by atoms with Crippen molar-refractivity contribution in [2.24, 2.45) is 11.8 Å². The maximum absolute atomic E-state index is 11.5. The fourth-order valence-electron chi connectivity index (χ4n) is 1.31. The van der Waals surface area contributed by atoms with Crippen LogP contribution in [0.25, 0.3) is 0 Å². The third kappa shape index (κ3) is 3.12. The molecule has 0 aromatic carbocycles. The van der Waals surface area contributed by atoms with Gasteiger partial charge in [-0.15, -0.1) is 0 Å². The molecule has 0 fully saturated rings. The molecule has 5 heteroatoms. The van der Waals surface area contributed by atoms with E-state index in [9.17, 15) is 9.59 Å². The second-order valence-corrected chi connectivity index (χ2v) is 3.91. The van der Waals surface area contributed by atoms with E-state index in [1.54, 1.807) is 0 Å². The number of carbonyl (C=O) groups is 2. The van der Waals surface area contributed by atoms with Crippen LogP contribution < -0.4 is 5.32 Å². The zero-order chi connectivity index (χ0) is 12.1. The topological polar surface area (TPSA) is 79.5 Å². The average molecular weight is 225 g/mol. The summed E-state index contributed by atoms with van der Waals surface area (Å²) >= 11 is 0. The first-order chi connectivity index (χ1) is 7.52. The van der Waals surface area contributed by atoms with Crippen molar-refractivity contribution in [2.45, 2.75) is 13.8 Å². The maximum Gasteiger partial charge on any atom is 0.308 e. The molecule has 0 saturated carbocycles. The first-order valence-electron chi connectivity index (χ1n) is 5.05. The molecule has 16 heavy (non-hydrogen) atoms. The first kappa shape index (κ1) is 12.3. The van der Waals surface area contributed by atoms with E-state index < -0.39 is 11.9 Å². The van der Waals surface area contributed by atoms with E-state index in [0.29, 0.717) is 5.56 Å². The normalized spacial score (nSPS) is 12.4. The minimum Gasteiger partial charge on any atom is -0.481 e. The molecule has 2 N–H and O–H groups in total. The third-order valence-corrected chi connectivity index (χ3v) is 2.39. The van der Waals surface area contributed by atoms with Crippen molar-refractivity contribution in [3.8, 4) is 0 Å². The lowest BCUT2D eigenvalue weighted by molar-refractivity contribution is -0.142. The monoisotopic (exact) mass is 225 g/mol. The first-order valence-corrected chi connectivity index (χ1v) is 5.05. The summed E-state index contributed by atoms with van der Waals surface area (Å²) in [5, 5.41) is 11.5. The van der Waals surface area contributed by atoms with Crippen LogP contribution in [0.1, 0.15) is 24.2 Å². The van der Waals surface area contributed by atoms with Gasteiger partial charge in [-0.3, -0.25) is 9.59 Å². The largest absolute Gasteiger partial charge is 0.481 e. The molecule has 1 atom stereocenters. The van der Waals surface area contributed by atoms with Crippen LogP contribution in [0.15, 0.2) is 23.0 Å². The van der Waals surface area contributed by atoms with E-state index in [1.165, 1.54) is 18.6 Å². The predicted molar refractivity (Wildman–Crippen MR) is 57.0 cm³/mol. The summed E-state index contributed by atoms with van der Waals surface area (Å²) in [5.41, 5.74) is 0.396. The van der Waals surface area contributed by atoms with E-state index in [4.69, 9.17) is 9.52 Å². The standard InChI is InChI=1S/C11H15NO4/c1-7(2)9(11(14)15)5-12-10(13)8-3-4-16-6-8/h3-4,6-7,9H,5H2,1-2H3,(H,12,13)(H,14,15). The van der Waals surface area contributed by atoms with E-state index in [-0.39, 0.29) is 18.4 Å². The lowest BCUT2D eigenvalue weighted by Gasteiger charge is -2.16. The highest BCUT2D eigenvalue weighted by molar-refractivity contribution is 5.93. The van der Waals surface area contributed by atoms with Gasteiger partial charge in [0, 0.05) is 6.54 Å². The van der Waals surface area contributed by atoms with Gasteiger partial charge in [-0.2, -0.15) is 0 Å². The van der Waals surface area contributed by atoms with Gasteiger partial charge in [-0.1, -0.05) is 13.8 Å². The van der Waals surface area contributed by atoms with Crippen molar-refractivity contribution < 1.29 is 19.1 Å². The second-order valence-electron chi connectivity index (χ2n) is 3.91. The molecule has 0 spiro atoms. The fourth-order valence-corrected chi connectivity index (χ4v) is 1.31. The molecular formula is C11H15NO4. The Morgan fingerprint density at radius 1 is 1.50 bits per heavy atom. The number of nitrogens with one attached hydrogen (secondary N) is 1. The minimum atomic E-state index is -0.900. The number of hydrogen-bond acceptors (Lipinski definition) is 3. The summed E-state index contributed by atoms with van der Waals surface area (Å²) in [6, 6.07) is 1.53. The number of carboxylic acids is 1. The Morgan fingerprint density at radius 2 is 2.19 bits per heavy atom. The second kappa shape index (κ2) is 5.34. The van der Waals surface area contributed by atoms with Gasteiger partial charge in [0.05, 0.1) is 17.7 Å². The molecule has 1 amide bonds. The summed E-state index contributed by atoms with van der Waals surface area (Å²) in [5.74, 6) is -1.82. The van der Waals surface area contributed by atoms with Gasteiger partial charge in [-0.25, -0.2) is 0 Å². The Bertz CT molecular complexity index is 356. The Kier molecular flexibility index (Phi) is 4.10. The molecule has 0 aliphatic heterocycles. The highest BCUT2D eigenvalue weighted by Gasteiger charge is 2.22. The smallest absolute Gasteiger partial charge is 0.308 e. The van der Waals surface area contributed by atoms with Crippen molar-refractivity contribution in [3.63, 3.8) is 0 Å². The van der Waals surface area contributed by atoms with Crippen molar-refractivity contribution in [1.29, 1.82) is 0 Å². The van der Waals surface area contributed by atoms with Gasteiger partial charge in [-0.05, 0) is 12.0 Å². The molecule has 0 saturated heterocycles. The number of hydrogen-bond donors (Lipinski definition) is 2. The fraction of sp³-hybridized carbons (Fsp3) is 0.455. The summed E-state index contributed by atoms with van der Waals surface area (Å²) in [7, 11) is 0. The zero-order valence-corrected chi connectivity index (χ0v) is 9.27. The number of rotatable bonds is 5. The molecule has 5 nitrogen and oxygen atoms in total. The van der Waals surface area contributed by atoms with Crippen molar-refractivity contribution in [1.82, 2.24) is 5.32 Å². The summed E-state index contributed by atoms with van der Waals surface area (Å²) in [6.45, 7) is 3.74. The lowest BCUT2D eigenvalue weighted by atomic mass is 9.96. The number of carbonyl (C=O) groups excluding carboxylic acids is 1. The minimum absolute atomic E-state index is 0.0258. The molecule has 0 aliphatic carbocycles. The van der Waals surface area contributed by atoms with Crippen LogP contribution in [0, 0.1) is 11.8 Å². The Hall–Kier alpha value is -1.78. The lowest BCUT2D eigenvalue weighted by Crippen LogP contribution is -2.35. The molecule has 0 radical (unpaired) electrons. The predicted octanol–water partition coefficient (Wildman–Crippen LogP) is 1.37. The van der Waals surface area contributed by atoms with Crippen LogP contribution in [-0.2, 0) is 4.79 Å². The van der Waals surface area contributed by atoms with Crippen LogP contribution in [-0.4, -0.2) is 23.5 Å². The number of carboxylic acid groups (broad SMARTS) is 1. The van der Waals surface area contributed by atoms with Crippen LogP contribution in [0.2, 0.25) is 0 Å². The van der Waals surface area contributed by atoms with Crippen LogP contribution in [0.3, 0.4) is 0 Å². The molecule has 1 heterocycles. The average Bonchev–Trinajstić information content (AvgIpc) is 2.69. The van der Waals surface area contributed by atoms with Gasteiger partial charge in [0.15, 0.2) is 0 Å². The molecule has 1 aromatic heterocycles. The van der Waals surface area contributed by atoms with Gasteiger partial charge < -0.3 is 14.8 Å². The molecule has 0 aliphatic rings. The van der Waals surface area contributed by atoms with Crippen molar-refractivity contribution in [3.05, 3.63) is 24.2 Å². The van der Waals surface area contributed by atoms with Crippen LogP contribution >= 0.6 is 0 Å². The molecule has 1 aromatic rings. The summed E-state index contributed by atoms with van der Waals surface area (Å²) in [6.07, 6.45) is 2.71. The number of aliphatic carboxylic acids is 1. The van der Waals surface area contributed by atoms with Crippen LogP contribution in [0.4, 0.5) is 0 Å². The SMILES string of the molecule is CC(C)C(CNC(=O)c1ccoc1)C(=O)O. The molecule has 1 rings (SSSR count). The summed E-state index contributed by atoms with van der Waals surface area (Å²) in [4.78, 5) is 22.4. The molecule has 88 valence electrons. The van der Waals surface area contributed by atoms with Crippen molar-refractivity contribution in [2.75, 3.05) is 6.54 Å². The highest BCUT2D eigenvalue weighted by atomic mass is 16.4. The molecular weight excluding hydrogens is 210 g/mol. The number of furan rings is 1. The van der Waals surface area contributed by atoms with Gasteiger partial charge in [0.1, 0.15) is 6.26 Å².